The van der Waals surface area contributed by atoms with E-state index in [0.717, 1.165) is 31.4 Å². The largest absolute Gasteiger partial charge is 0.338 e. The van der Waals surface area contributed by atoms with Gasteiger partial charge in [-0.3, -0.25) is 9.78 Å². The average molecular weight is 247 g/mol. The molecule has 2 N–H and O–H groups in total. The molecule has 0 radical (unpaired) electrons. The first kappa shape index (κ1) is 13.0. The maximum Gasteiger partial charge on any atom is 0.230 e. The summed E-state index contributed by atoms with van der Waals surface area (Å²) in [6.07, 6.45) is 6.52. The molecule has 1 aliphatic carbocycles. The second kappa shape index (κ2) is 5.48. The van der Waals surface area contributed by atoms with Crippen molar-refractivity contribution in [3.8, 4) is 0 Å². The molecule has 0 unspecified atom stereocenters. The molecule has 4 nitrogen and oxygen atoms in total. The molecule has 98 valence electrons. The van der Waals surface area contributed by atoms with Crippen LogP contribution in [-0.4, -0.2) is 28.9 Å². The Morgan fingerprint density at radius 3 is 2.56 bits per heavy atom. The Balaban J connectivity index is 2.07. The van der Waals surface area contributed by atoms with Gasteiger partial charge < -0.3 is 10.6 Å². The Morgan fingerprint density at radius 1 is 1.44 bits per heavy atom. The van der Waals surface area contributed by atoms with E-state index in [0.29, 0.717) is 13.1 Å². The molecule has 0 atom stereocenters. The summed E-state index contributed by atoms with van der Waals surface area (Å²) < 4.78 is 0. The monoisotopic (exact) mass is 247 g/mol. The topological polar surface area (TPSA) is 59.2 Å². The van der Waals surface area contributed by atoms with Gasteiger partial charge in [0.25, 0.3) is 0 Å². The molecule has 1 aromatic rings. The van der Waals surface area contributed by atoms with E-state index in [-0.39, 0.29) is 11.3 Å². The first-order chi connectivity index (χ1) is 8.72. The minimum Gasteiger partial charge on any atom is -0.338 e. The minimum atomic E-state index is -0.275. The first-order valence-electron chi connectivity index (χ1n) is 6.60. The van der Waals surface area contributed by atoms with Crippen LogP contribution in [0.15, 0.2) is 24.5 Å². The molecule has 1 fully saturated rings. The zero-order valence-corrected chi connectivity index (χ0v) is 10.9. The zero-order valence-electron chi connectivity index (χ0n) is 10.9. The molecule has 1 aliphatic rings. The SMILES string of the molecule is CCN(Cc1ccncc1)C(=O)C1(CN)CCC1. The van der Waals surface area contributed by atoms with Crippen molar-refractivity contribution in [2.24, 2.45) is 11.1 Å². The zero-order chi connectivity index (χ0) is 13.0. The standard InChI is InChI=1S/C14H21N3O/c1-2-17(10-12-4-8-16-9-5-12)13(18)14(11-15)6-3-7-14/h4-5,8-9H,2-3,6-7,10-11,15H2,1H3. The summed E-state index contributed by atoms with van der Waals surface area (Å²) in [6.45, 7) is 3.86. The lowest BCUT2D eigenvalue weighted by Crippen LogP contribution is -2.51. The third-order valence-electron chi connectivity index (χ3n) is 3.95. The van der Waals surface area contributed by atoms with Crippen molar-refractivity contribution in [1.82, 2.24) is 9.88 Å². The number of nitrogens with two attached hydrogens (primary N) is 1. The van der Waals surface area contributed by atoms with E-state index in [1.54, 1.807) is 12.4 Å². The highest BCUT2D eigenvalue weighted by atomic mass is 16.2. The van der Waals surface area contributed by atoms with Crippen molar-refractivity contribution in [3.05, 3.63) is 30.1 Å². The van der Waals surface area contributed by atoms with Gasteiger partial charge in [0.15, 0.2) is 0 Å². The molecule has 2 rings (SSSR count). The van der Waals surface area contributed by atoms with Gasteiger partial charge in [0.1, 0.15) is 0 Å². The molecule has 0 aromatic carbocycles. The van der Waals surface area contributed by atoms with Crippen molar-refractivity contribution in [2.75, 3.05) is 13.1 Å². The predicted octanol–water partition coefficient (Wildman–Crippen LogP) is 1.56. The van der Waals surface area contributed by atoms with Crippen LogP contribution < -0.4 is 5.73 Å². The quantitative estimate of drug-likeness (QED) is 0.859. The van der Waals surface area contributed by atoms with Crippen molar-refractivity contribution in [3.63, 3.8) is 0 Å². The highest BCUT2D eigenvalue weighted by Gasteiger charge is 2.44. The Bertz CT molecular complexity index is 395. The van der Waals surface area contributed by atoms with Crippen LogP contribution in [0.5, 0.6) is 0 Å². The Kier molecular flexibility index (Phi) is 3.97. The van der Waals surface area contributed by atoms with Crippen LogP contribution >= 0.6 is 0 Å². The lowest BCUT2D eigenvalue weighted by Gasteiger charge is -2.42. The van der Waals surface area contributed by atoms with E-state index >= 15 is 0 Å². The summed E-state index contributed by atoms with van der Waals surface area (Å²) in [5.74, 6) is 0.218. The van der Waals surface area contributed by atoms with Crippen LogP contribution in [0.2, 0.25) is 0 Å². The van der Waals surface area contributed by atoms with Gasteiger partial charge in [-0.25, -0.2) is 0 Å². The highest BCUT2D eigenvalue weighted by molar-refractivity contribution is 5.83. The molecular weight excluding hydrogens is 226 g/mol. The minimum absolute atomic E-state index is 0.218. The summed E-state index contributed by atoms with van der Waals surface area (Å²) >= 11 is 0. The molecule has 0 spiro atoms. The smallest absolute Gasteiger partial charge is 0.230 e. The second-order valence-electron chi connectivity index (χ2n) is 5.01. The molecule has 1 heterocycles. The number of hydrogen-bond acceptors (Lipinski definition) is 3. The van der Waals surface area contributed by atoms with Gasteiger partial charge in [-0.05, 0) is 37.5 Å². The lowest BCUT2D eigenvalue weighted by molar-refractivity contribution is -0.147. The Labute approximate surface area is 108 Å². The van der Waals surface area contributed by atoms with Crippen LogP contribution in [0.1, 0.15) is 31.7 Å². The van der Waals surface area contributed by atoms with Crippen molar-refractivity contribution in [2.45, 2.75) is 32.7 Å². The maximum atomic E-state index is 12.5. The van der Waals surface area contributed by atoms with Gasteiger partial charge in [0.05, 0.1) is 5.41 Å². The van der Waals surface area contributed by atoms with Gasteiger partial charge in [0, 0.05) is 32.0 Å². The molecular formula is C14H21N3O. The van der Waals surface area contributed by atoms with Crippen LogP contribution in [0.25, 0.3) is 0 Å². The molecule has 1 saturated carbocycles. The number of pyridine rings is 1. The summed E-state index contributed by atoms with van der Waals surface area (Å²) in [7, 11) is 0. The fraction of sp³-hybridized carbons (Fsp3) is 0.571. The molecule has 18 heavy (non-hydrogen) atoms. The maximum absolute atomic E-state index is 12.5. The molecule has 0 aliphatic heterocycles. The molecule has 0 saturated heterocycles. The fourth-order valence-corrected chi connectivity index (χ4v) is 2.48. The van der Waals surface area contributed by atoms with Gasteiger partial charge in [-0.2, -0.15) is 0 Å². The lowest BCUT2D eigenvalue weighted by atomic mass is 9.68. The second-order valence-corrected chi connectivity index (χ2v) is 5.01. The number of nitrogens with zero attached hydrogens (tertiary/aromatic N) is 2. The van der Waals surface area contributed by atoms with Gasteiger partial charge in [0.2, 0.25) is 5.91 Å². The van der Waals surface area contributed by atoms with Gasteiger partial charge in [-0.15, -0.1) is 0 Å². The molecule has 1 aromatic heterocycles. The number of hydrogen-bond donors (Lipinski definition) is 1. The van der Waals surface area contributed by atoms with Gasteiger partial charge >= 0.3 is 0 Å². The third-order valence-corrected chi connectivity index (χ3v) is 3.95. The number of amides is 1. The average Bonchev–Trinajstić information content (AvgIpc) is 2.36. The Morgan fingerprint density at radius 2 is 2.11 bits per heavy atom. The summed E-state index contributed by atoms with van der Waals surface area (Å²) in [4.78, 5) is 18.4. The summed E-state index contributed by atoms with van der Waals surface area (Å²) in [5.41, 5.74) is 6.64. The number of carbonyl (C=O) groups excluding carboxylic acids is 1. The highest BCUT2D eigenvalue weighted by Crippen LogP contribution is 2.41. The first-order valence-corrected chi connectivity index (χ1v) is 6.60. The summed E-state index contributed by atoms with van der Waals surface area (Å²) in [5, 5.41) is 0. The van der Waals surface area contributed by atoms with Crippen molar-refractivity contribution in [1.29, 1.82) is 0 Å². The Hall–Kier alpha value is -1.42. The van der Waals surface area contributed by atoms with Crippen LogP contribution in [0, 0.1) is 5.41 Å². The van der Waals surface area contributed by atoms with E-state index in [1.807, 2.05) is 24.0 Å². The van der Waals surface area contributed by atoms with E-state index < -0.39 is 0 Å². The number of rotatable bonds is 5. The van der Waals surface area contributed by atoms with Crippen LogP contribution in [0.3, 0.4) is 0 Å². The van der Waals surface area contributed by atoms with E-state index in [4.69, 9.17) is 5.73 Å². The van der Waals surface area contributed by atoms with E-state index in [1.165, 1.54) is 0 Å². The molecule has 0 bridgehead atoms. The molecule has 4 heteroatoms. The predicted molar refractivity (Wildman–Crippen MR) is 70.7 cm³/mol. The number of carbonyl (C=O) groups is 1. The van der Waals surface area contributed by atoms with Crippen molar-refractivity contribution >= 4 is 5.91 Å². The van der Waals surface area contributed by atoms with Crippen LogP contribution in [0.4, 0.5) is 0 Å². The normalized spacial score (nSPS) is 17.0. The van der Waals surface area contributed by atoms with Gasteiger partial charge in [-0.1, -0.05) is 6.42 Å². The fourth-order valence-electron chi connectivity index (χ4n) is 2.48. The van der Waals surface area contributed by atoms with Crippen molar-refractivity contribution < 1.29 is 4.79 Å². The van der Waals surface area contributed by atoms with Crippen LogP contribution in [-0.2, 0) is 11.3 Å². The molecule has 1 amide bonds. The van der Waals surface area contributed by atoms with E-state index in [2.05, 4.69) is 4.98 Å². The third kappa shape index (κ3) is 2.38. The summed E-state index contributed by atoms with van der Waals surface area (Å²) in [6, 6.07) is 3.90. The number of aromatic nitrogens is 1. The van der Waals surface area contributed by atoms with E-state index in [9.17, 15) is 4.79 Å².